The maximum Gasteiger partial charge on any atom is 0.280 e. The summed E-state index contributed by atoms with van der Waals surface area (Å²) in [6.45, 7) is 0. The van der Waals surface area contributed by atoms with Crippen molar-refractivity contribution in [2.24, 2.45) is 4.99 Å². The van der Waals surface area contributed by atoms with E-state index >= 15 is 0 Å². The molecule has 0 bridgehead atoms. The first-order chi connectivity index (χ1) is 10.8. The fourth-order valence-corrected chi connectivity index (χ4v) is 3.10. The van der Waals surface area contributed by atoms with Gasteiger partial charge in [-0.1, -0.05) is 60.7 Å². The standard InChI is InChI=1S/C18H12N2OS/c21-17-13-14(16(19-17)12-9-5-2-6-10-12)18(22)20-15(13)11-7-3-1-4-8-11/h1-10,20,22H. The Labute approximate surface area is 133 Å². The number of thiol groups is 1. The lowest BCUT2D eigenvalue weighted by Crippen LogP contribution is -1.99. The third-order valence-corrected chi connectivity index (χ3v) is 4.09. The molecule has 0 radical (unpaired) electrons. The number of carbonyl (C=O) groups excluding carboxylic acids is 1. The summed E-state index contributed by atoms with van der Waals surface area (Å²) in [5.74, 6) is -0.218. The molecule has 0 unspecified atom stereocenters. The molecule has 106 valence electrons. The van der Waals surface area contributed by atoms with Crippen molar-refractivity contribution in [2.75, 3.05) is 0 Å². The maximum atomic E-state index is 12.4. The van der Waals surface area contributed by atoms with Crippen molar-refractivity contribution >= 4 is 24.2 Å². The normalized spacial score (nSPS) is 13.1. The van der Waals surface area contributed by atoms with E-state index in [-0.39, 0.29) is 5.91 Å². The molecule has 3 nitrogen and oxygen atoms in total. The van der Waals surface area contributed by atoms with E-state index in [1.54, 1.807) is 0 Å². The second-order valence-corrected chi connectivity index (χ2v) is 5.54. The van der Waals surface area contributed by atoms with Gasteiger partial charge < -0.3 is 4.98 Å². The van der Waals surface area contributed by atoms with Gasteiger partial charge in [0.1, 0.15) is 0 Å². The third kappa shape index (κ3) is 1.92. The Morgan fingerprint density at radius 3 is 2.05 bits per heavy atom. The zero-order valence-corrected chi connectivity index (χ0v) is 12.5. The summed E-state index contributed by atoms with van der Waals surface area (Å²) >= 11 is 4.52. The van der Waals surface area contributed by atoms with E-state index in [2.05, 4.69) is 22.6 Å². The van der Waals surface area contributed by atoms with Gasteiger partial charge in [-0.05, 0) is 5.56 Å². The van der Waals surface area contributed by atoms with Crippen LogP contribution in [0.3, 0.4) is 0 Å². The van der Waals surface area contributed by atoms with Gasteiger partial charge in [0.2, 0.25) is 0 Å². The number of H-pyrrole nitrogens is 1. The van der Waals surface area contributed by atoms with Crippen LogP contribution in [0.5, 0.6) is 0 Å². The van der Waals surface area contributed by atoms with Gasteiger partial charge in [-0.15, -0.1) is 12.6 Å². The number of hydrogen-bond acceptors (Lipinski definition) is 2. The number of amides is 1. The van der Waals surface area contributed by atoms with E-state index in [1.807, 2.05) is 60.7 Å². The van der Waals surface area contributed by atoms with Crippen molar-refractivity contribution in [3.05, 3.63) is 77.4 Å². The molecular formula is C18H12N2OS. The molecule has 4 rings (SSSR count). The predicted octanol–water partition coefficient (Wildman–Crippen LogP) is 3.96. The molecule has 0 fully saturated rings. The number of aliphatic imine (C=N–C) groups is 1. The molecule has 0 atom stereocenters. The Morgan fingerprint density at radius 1 is 0.818 bits per heavy atom. The fraction of sp³-hybridized carbons (Fsp3) is 0. The summed E-state index contributed by atoms with van der Waals surface area (Å²) in [6, 6.07) is 19.5. The van der Waals surface area contributed by atoms with E-state index in [9.17, 15) is 4.79 Å². The summed E-state index contributed by atoms with van der Waals surface area (Å²) in [7, 11) is 0. The van der Waals surface area contributed by atoms with Crippen molar-refractivity contribution in [3.8, 4) is 11.3 Å². The number of fused-ring (bicyclic) bond motifs is 1. The maximum absolute atomic E-state index is 12.4. The molecule has 2 aromatic carbocycles. The minimum absolute atomic E-state index is 0.218. The van der Waals surface area contributed by atoms with E-state index in [0.717, 1.165) is 22.4 Å². The van der Waals surface area contributed by atoms with Gasteiger partial charge in [0.05, 0.1) is 22.0 Å². The van der Waals surface area contributed by atoms with Gasteiger partial charge in [-0.2, -0.15) is 0 Å². The summed E-state index contributed by atoms with van der Waals surface area (Å²) in [6.07, 6.45) is 0. The number of hydrogen-bond donors (Lipinski definition) is 2. The molecular weight excluding hydrogens is 292 g/mol. The van der Waals surface area contributed by atoms with E-state index in [4.69, 9.17) is 0 Å². The molecule has 2 heterocycles. The van der Waals surface area contributed by atoms with Gasteiger partial charge in [0.15, 0.2) is 0 Å². The smallest absolute Gasteiger partial charge is 0.280 e. The zero-order chi connectivity index (χ0) is 15.1. The van der Waals surface area contributed by atoms with Crippen molar-refractivity contribution in [3.63, 3.8) is 0 Å². The molecule has 0 aliphatic carbocycles. The number of nitrogens with zero attached hydrogens (tertiary/aromatic N) is 1. The van der Waals surface area contributed by atoms with Gasteiger partial charge >= 0.3 is 0 Å². The molecule has 1 amide bonds. The minimum Gasteiger partial charge on any atom is -0.349 e. The summed E-state index contributed by atoms with van der Waals surface area (Å²) in [5, 5.41) is 0.669. The number of aromatic nitrogens is 1. The van der Waals surface area contributed by atoms with Gasteiger partial charge in [-0.3, -0.25) is 4.79 Å². The van der Waals surface area contributed by atoms with Crippen LogP contribution in [0, 0.1) is 0 Å². The number of carbonyl (C=O) groups is 1. The fourth-order valence-electron chi connectivity index (χ4n) is 2.77. The predicted molar refractivity (Wildman–Crippen MR) is 89.9 cm³/mol. The van der Waals surface area contributed by atoms with Crippen molar-refractivity contribution in [2.45, 2.75) is 5.03 Å². The Balaban J connectivity index is 1.92. The van der Waals surface area contributed by atoms with Crippen LogP contribution >= 0.6 is 12.6 Å². The lowest BCUT2D eigenvalue weighted by atomic mass is 10.0. The highest BCUT2D eigenvalue weighted by atomic mass is 32.1. The number of nitrogens with one attached hydrogen (secondary N) is 1. The molecule has 1 aliphatic heterocycles. The highest BCUT2D eigenvalue weighted by molar-refractivity contribution is 7.80. The first kappa shape index (κ1) is 13.1. The monoisotopic (exact) mass is 304 g/mol. The molecule has 1 N–H and O–H groups in total. The highest BCUT2D eigenvalue weighted by Gasteiger charge is 2.32. The second kappa shape index (κ2) is 5.00. The Bertz CT molecular complexity index is 896. The lowest BCUT2D eigenvalue weighted by Gasteiger charge is -2.00. The van der Waals surface area contributed by atoms with E-state index in [0.29, 0.717) is 16.3 Å². The first-order valence-corrected chi connectivity index (χ1v) is 7.39. The zero-order valence-electron chi connectivity index (χ0n) is 11.6. The molecule has 0 saturated heterocycles. The SMILES string of the molecule is O=C1N=C(c2ccccc2)c2c(S)[nH]c(-c3ccccc3)c21. The van der Waals surface area contributed by atoms with Gasteiger partial charge in [-0.25, -0.2) is 4.99 Å². The Hall–Kier alpha value is -2.59. The highest BCUT2D eigenvalue weighted by Crippen LogP contribution is 2.36. The van der Waals surface area contributed by atoms with Crippen LogP contribution in [0.25, 0.3) is 11.3 Å². The Morgan fingerprint density at radius 2 is 1.41 bits per heavy atom. The van der Waals surface area contributed by atoms with Crippen LogP contribution in [0.1, 0.15) is 21.5 Å². The summed E-state index contributed by atoms with van der Waals surface area (Å²) in [4.78, 5) is 19.9. The van der Waals surface area contributed by atoms with Crippen LogP contribution in [-0.4, -0.2) is 16.6 Å². The molecule has 1 aliphatic rings. The second-order valence-electron chi connectivity index (χ2n) is 5.10. The van der Waals surface area contributed by atoms with Crippen molar-refractivity contribution in [1.29, 1.82) is 0 Å². The molecule has 0 spiro atoms. The quantitative estimate of drug-likeness (QED) is 0.692. The van der Waals surface area contributed by atoms with Crippen LogP contribution in [0.15, 0.2) is 70.7 Å². The average Bonchev–Trinajstić information content (AvgIpc) is 3.09. The largest absolute Gasteiger partial charge is 0.349 e. The minimum atomic E-state index is -0.218. The molecule has 22 heavy (non-hydrogen) atoms. The molecule has 0 saturated carbocycles. The molecule has 4 heteroatoms. The number of aromatic amines is 1. The van der Waals surface area contributed by atoms with Crippen molar-refractivity contribution < 1.29 is 4.79 Å². The molecule has 3 aromatic rings. The molecule has 1 aromatic heterocycles. The lowest BCUT2D eigenvalue weighted by molar-refractivity contribution is 0.101. The third-order valence-electron chi connectivity index (χ3n) is 3.75. The van der Waals surface area contributed by atoms with Crippen LogP contribution in [-0.2, 0) is 0 Å². The summed E-state index contributed by atoms with van der Waals surface area (Å²) in [5.41, 5.74) is 4.73. The van der Waals surface area contributed by atoms with Crippen LogP contribution in [0.2, 0.25) is 0 Å². The van der Waals surface area contributed by atoms with Crippen molar-refractivity contribution in [1.82, 2.24) is 4.98 Å². The van der Waals surface area contributed by atoms with Crippen LogP contribution in [0.4, 0.5) is 0 Å². The number of rotatable bonds is 2. The van der Waals surface area contributed by atoms with E-state index < -0.39 is 0 Å². The first-order valence-electron chi connectivity index (χ1n) is 6.95. The Kier molecular flexibility index (Phi) is 2.98. The van der Waals surface area contributed by atoms with E-state index in [1.165, 1.54) is 0 Å². The summed E-state index contributed by atoms with van der Waals surface area (Å²) < 4.78 is 0. The topological polar surface area (TPSA) is 45.2 Å². The van der Waals surface area contributed by atoms with Gasteiger partial charge in [0, 0.05) is 11.1 Å². The number of benzene rings is 2. The van der Waals surface area contributed by atoms with Crippen LogP contribution < -0.4 is 0 Å². The van der Waals surface area contributed by atoms with Gasteiger partial charge in [0.25, 0.3) is 5.91 Å². The average molecular weight is 304 g/mol.